The Bertz CT molecular complexity index is 808. The fourth-order valence-electron chi connectivity index (χ4n) is 2.27. The van der Waals surface area contributed by atoms with Crippen LogP contribution in [-0.4, -0.2) is 20.9 Å². The highest BCUT2D eigenvalue weighted by molar-refractivity contribution is 5.87. The summed E-state index contributed by atoms with van der Waals surface area (Å²) in [5.74, 6) is -0.235. The average molecular weight is 308 g/mol. The Morgan fingerprint density at radius 3 is 2.43 bits per heavy atom. The third kappa shape index (κ3) is 3.40. The van der Waals surface area contributed by atoms with Crippen LogP contribution in [0.15, 0.2) is 60.7 Å². The monoisotopic (exact) mass is 308 g/mol. The van der Waals surface area contributed by atoms with Gasteiger partial charge in [-0.25, -0.2) is 4.79 Å². The number of carboxylic acids is 1. The van der Waals surface area contributed by atoms with Gasteiger partial charge in [0.25, 0.3) is 0 Å². The molecule has 0 fully saturated rings. The van der Waals surface area contributed by atoms with E-state index >= 15 is 0 Å². The van der Waals surface area contributed by atoms with Gasteiger partial charge in [0.15, 0.2) is 0 Å². The minimum atomic E-state index is -0.992. The van der Waals surface area contributed by atoms with E-state index in [0.717, 1.165) is 16.9 Å². The van der Waals surface area contributed by atoms with Gasteiger partial charge >= 0.3 is 5.97 Å². The number of rotatable bonds is 5. The van der Waals surface area contributed by atoms with Crippen LogP contribution >= 0.6 is 0 Å². The average Bonchev–Trinajstić information content (AvgIpc) is 2.96. The third-order valence-corrected chi connectivity index (χ3v) is 3.50. The summed E-state index contributed by atoms with van der Waals surface area (Å²) in [6, 6.07) is 18.9. The SMILES string of the molecule is Cn1nc(-c2ccc(OCc3ccccc3)cc2)cc1C(=O)O. The van der Waals surface area contributed by atoms with Gasteiger partial charge in [-0.1, -0.05) is 30.3 Å². The lowest BCUT2D eigenvalue weighted by molar-refractivity contribution is 0.0685. The summed E-state index contributed by atoms with van der Waals surface area (Å²) in [4.78, 5) is 11.1. The van der Waals surface area contributed by atoms with E-state index in [1.807, 2.05) is 54.6 Å². The van der Waals surface area contributed by atoms with Crippen molar-refractivity contribution in [1.29, 1.82) is 0 Å². The van der Waals surface area contributed by atoms with Crippen LogP contribution in [0.3, 0.4) is 0 Å². The Hall–Kier alpha value is -3.08. The standard InChI is InChI=1S/C18H16N2O3/c1-20-17(18(21)22)11-16(19-20)14-7-9-15(10-8-14)23-12-13-5-3-2-4-6-13/h2-11H,12H2,1H3,(H,21,22). The molecule has 3 aromatic rings. The topological polar surface area (TPSA) is 64.4 Å². The molecule has 0 saturated carbocycles. The molecule has 5 nitrogen and oxygen atoms in total. The minimum Gasteiger partial charge on any atom is -0.489 e. The predicted molar refractivity (Wildman–Crippen MR) is 86.4 cm³/mol. The molecule has 1 aromatic heterocycles. The van der Waals surface area contributed by atoms with Crippen molar-refractivity contribution in [3.8, 4) is 17.0 Å². The number of hydrogen-bond acceptors (Lipinski definition) is 3. The Kier molecular flexibility index (Phi) is 4.10. The summed E-state index contributed by atoms with van der Waals surface area (Å²) in [6.07, 6.45) is 0. The number of benzene rings is 2. The fourth-order valence-corrected chi connectivity index (χ4v) is 2.27. The molecule has 0 aliphatic carbocycles. The molecule has 1 heterocycles. The number of aromatic nitrogens is 2. The molecule has 116 valence electrons. The Morgan fingerprint density at radius 1 is 1.13 bits per heavy atom. The molecule has 0 atom stereocenters. The normalized spacial score (nSPS) is 10.5. The number of aryl methyl sites for hydroxylation is 1. The van der Waals surface area contributed by atoms with E-state index in [1.165, 1.54) is 4.68 Å². The van der Waals surface area contributed by atoms with Gasteiger partial charge < -0.3 is 9.84 Å². The van der Waals surface area contributed by atoms with Gasteiger partial charge in [0.1, 0.15) is 18.1 Å². The van der Waals surface area contributed by atoms with E-state index in [0.29, 0.717) is 12.3 Å². The fraction of sp³-hybridized carbons (Fsp3) is 0.111. The maximum Gasteiger partial charge on any atom is 0.354 e. The summed E-state index contributed by atoms with van der Waals surface area (Å²) in [6.45, 7) is 0.507. The lowest BCUT2D eigenvalue weighted by Crippen LogP contribution is -2.04. The van der Waals surface area contributed by atoms with Gasteiger partial charge in [0, 0.05) is 12.6 Å². The van der Waals surface area contributed by atoms with Crippen LogP contribution in [0.4, 0.5) is 0 Å². The largest absolute Gasteiger partial charge is 0.489 e. The van der Waals surface area contributed by atoms with Crippen LogP contribution in [0, 0.1) is 0 Å². The first-order valence-corrected chi connectivity index (χ1v) is 7.18. The van der Waals surface area contributed by atoms with E-state index < -0.39 is 5.97 Å². The van der Waals surface area contributed by atoms with Gasteiger partial charge in [-0.15, -0.1) is 0 Å². The quantitative estimate of drug-likeness (QED) is 0.785. The number of carboxylic acid groups (broad SMARTS) is 1. The van der Waals surface area contributed by atoms with Gasteiger partial charge in [0.05, 0.1) is 5.69 Å². The third-order valence-electron chi connectivity index (χ3n) is 3.50. The summed E-state index contributed by atoms with van der Waals surface area (Å²) in [7, 11) is 1.62. The maximum atomic E-state index is 11.1. The van der Waals surface area contributed by atoms with E-state index in [4.69, 9.17) is 9.84 Å². The van der Waals surface area contributed by atoms with Crippen molar-refractivity contribution >= 4 is 5.97 Å². The van der Waals surface area contributed by atoms with E-state index in [2.05, 4.69) is 5.10 Å². The Morgan fingerprint density at radius 2 is 1.83 bits per heavy atom. The molecule has 0 unspecified atom stereocenters. The molecule has 2 aromatic carbocycles. The van der Waals surface area contributed by atoms with Gasteiger partial charge in [-0.2, -0.15) is 5.10 Å². The van der Waals surface area contributed by atoms with E-state index in [-0.39, 0.29) is 5.69 Å². The van der Waals surface area contributed by atoms with Crippen molar-refractivity contribution in [2.45, 2.75) is 6.61 Å². The molecule has 0 radical (unpaired) electrons. The van der Waals surface area contributed by atoms with Crippen LogP contribution in [0.25, 0.3) is 11.3 Å². The zero-order valence-corrected chi connectivity index (χ0v) is 12.6. The summed E-state index contributed by atoms with van der Waals surface area (Å²) in [5, 5.41) is 13.3. The van der Waals surface area contributed by atoms with Crippen molar-refractivity contribution in [3.05, 3.63) is 71.9 Å². The van der Waals surface area contributed by atoms with Crippen LogP contribution in [-0.2, 0) is 13.7 Å². The van der Waals surface area contributed by atoms with Crippen LogP contribution in [0.2, 0.25) is 0 Å². The molecule has 0 saturated heterocycles. The molecule has 3 rings (SSSR count). The van der Waals surface area contributed by atoms with Crippen molar-refractivity contribution in [2.24, 2.45) is 7.05 Å². The van der Waals surface area contributed by atoms with Crippen LogP contribution < -0.4 is 4.74 Å². The minimum absolute atomic E-state index is 0.157. The van der Waals surface area contributed by atoms with Crippen molar-refractivity contribution in [2.75, 3.05) is 0 Å². The number of carbonyl (C=O) groups is 1. The number of ether oxygens (including phenoxy) is 1. The predicted octanol–water partition coefficient (Wildman–Crippen LogP) is 3.36. The molecule has 0 spiro atoms. The highest BCUT2D eigenvalue weighted by Crippen LogP contribution is 2.22. The number of nitrogens with zero attached hydrogens (tertiary/aromatic N) is 2. The lowest BCUT2D eigenvalue weighted by atomic mass is 10.1. The zero-order chi connectivity index (χ0) is 16.2. The first-order valence-electron chi connectivity index (χ1n) is 7.18. The summed E-state index contributed by atoms with van der Waals surface area (Å²) in [5.41, 5.74) is 2.73. The zero-order valence-electron chi connectivity index (χ0n) is 12.6. The lowest BCUT2D eigenvalue weighted by Gasteiger charge is -2.06. The molecule has 0 amide bonds. The number of hydrogen-bond donors (Lipinski definition) is 1. The van der Waals surface area contributed by atoms with E-state index in [9.17, 15) is 4.79 Å². The molecule has 0 bridgehead atoms. The second-order valence-electron chi connectivity index (χ2n) is 5.14. The van der Waals surface area contributed by atoms with Gasteiger partial charge in [-0.05, 0) is 35.9 Å². The highest BCUT2D eigenvalue weighted by Gasteiger charge is 2.12. The smallest absolute Gasteiger partial charge is 0.354 e. The molecule has 0 aliphatic rings. The molecule has 0 aliphatic heterocycles. The van der Waals surface area contributed by atoms with Crippen molar-refractivity contribution in [3.63, 3.8) is 0 Å². The van der Waals surface area contributed by atoms with Gasteiger partial charge in [0.2, 0.25) is 0 Å². The van der Waals surface area contributed by atoms with Crippen LogP contribution in [0.1, 0.15) is 16.1 Å². The van der Waals surface area contributed by atoms with E-state index in [1.54, 1.807) is 13.1 Å². The summed E-state index contributed by atoms with van der Waals surface area (Å²) >= 11 is 0. The Balaban J connectivity index is 1.72. The molecule has 23 heavy (non-hydrogen) atoms. The van der Waals surface area contributed by atoms with Crippen LogP contribution in [0.5, 0.6) is 5.75 Å². The van der Waals surface area contributed by atoms with Gasteiger partial charge in [-0.3, -0.25) is 4.68 Å². The molecular weight excluding hydrogens is 292 g/mol. The maximum absolute atomic E-state index is 11.1. The highest BCUT2D eigenvalue weighted by atomic mass is 16.5. The van der Waals surface area contributed by atoms with Crippen molar-refractivity contribution < 1.29 is 14.6 Å². The molecule has 1 N–H and O–H groups in total. The second kappa shape index (κ2) is 6.36. The number of aromatic carboxylic acids is 1. The second-order valence-corrected chi connectivity index (χ2v) is 5.14. The Labute approximate surface area is 133 Å². The molecule has 5 heteroatoms. The van der Waals surface area contributed by atoms with Crippen molar-refractivity contribution in [1.82, 2.24) is 9.78 Å². The molecular formula is C18H16N2O3. The first kappa shape index (κ1) is 14.8. The first-order chi connectivity index (χ1) is 11.1. The summed E-state index contributed by atoms with van der Waals surface area (Å²) < 4.78 is 7.09.